The van der Waals surface area contributed by atoms with Gasteiger partial charge in [-0.1, -0.05) is 0 Å². The van der Waals surface area contributed by atoms with E-state index in [9.17, 15) is 19.2 Å². The highest BCUT2D eigenvalue weighted by Gasteiger charge is 2.29. The third-order valence-corrected chi connectivity index (χ3v) is 5.38. The maximum atomic E-state index is 12.8. The summed E-state index contributed by atoms with van der Waals surface area (Å²) in [7, 11) is 1.55. The zero-order chi connectivity index (χ0) is 21.8. The first-order valence-corrected chi connectivity index (χ1v) is 10.2. The Morgan fingerprint density at radius 2 is 1.93 bits per heavy atom. The number of aromatic nitrogens is 2. The minimum Gasteiger partial charge on any atom is -0.466 e. The van der Waals surface area contributed by atoms with Crippen molar-refractivity contribution in [2.24, 2.45) is 5.92 Å². The number of hydrogen-bond donors (Lipinski definition) is 2. The Balaban J connectivity index is 1.62. The van der Waals surface area contributed by atoms with Gasteiger partial charge >= 0.3 is 5.97 Å². The molecule has 0 atom stereocenters. The number of amides is 2. The summed E-state index contributed by atoms with van der Waals surface area (Å²) in [5.41, 5.74) is 0.466. The molecule has 0 aliphatic carbocycles. The molecule has 10 heteroatoms. The van der Waals surface area contributed by atoms with Gasteiger partial charge in [-0.25, -0.2) is 0 Å². The second-order valence-corrected chi connectivity index (χ2v) is 7.65. The number of aromatic amines is 2. The summed E-state index contributed by atoms with van der Waals surface area (Å²) in [6.45, 7) is 2.95. The molecule has 9 nitrogen and oxygen atoms in total. The molecule has 1 aliphatic heterocycles. The molecule has 1 aliphatic rings. The van der Waals surface area contributed by atoms with Gasteiger partial charge in [0.15, 0.2) is 4.77 Å². The maximum absolute atomic E-state index is 12.8. The molecule has 2 aromatic rings. The van der Waals surface area contributed by atoms with Crippen LogP contribution < -0.4 is 5.56 Å². The smallest absolute Gasteiger partial charge is 0.309 e. The zero-order valence-corrected chi connectivity index (χ0v) is 17.7. The molecule has 2 heterocycles. The minimum absolute atomic E-state index is 0.0771. The monoisotopic (exact) mass is 432 g/mol. The van der Waals surface area contributed by atoms with Gasteiger partial charge in [-0.05, 0) is 50.2 Å². The average molecular weight is 433 g/mol. The molecule has 1 aromatic carbocycles. The summed E-state index contributed by atoms with van der Waals surface area (Å²) < 4.78 is 5.21. The van der Waals surface area contributed by atoms with Crippen LogP contribution in [0.15, 0.2) is 23.0 Å². The molecular weight excluding hydrogens is 408 g/mol. The second kappa shape index (κ2) is 9.21. The van der Waals surface area contributed by atoms with Crippen LogP contribution in [0.3, 0.4) is 0 Å². The van der Waals surface area contributed by atoms with Crippen LogP contribution in [-0.4, -0.2) is 70.8 Å². The number of nitrogens with one attached hydrogen (secondary N) is 2. The van der Waals surface area contributed by atoms with Gasteiger partial charge < -0.3 is 19.5 Å². The van der Waals surface area contributed by atoms with E-state index >= 15 is 0 Å². The van der Waals surface area contributed by atoms with Crippen molar-refractivity contribution in [3.8, 4) is 0 Å². The Kier molecular flexibility index (Phi) is 6.66. The fourth-order valence-electron chi connectivity index (χ4n) is 3.52. The summed E-state index contributed by atoms with van der Waals surface area (Å²) >= 11 is 4.97. The van der Waals surface area contributed by atoms with Crippen molar-refractivity contribution in [2.45, 2.75) is 19.8 Å². The molecule has 0 spiro atoms. The first kappa shape index (κ1) is 21.7. The summed E-state index contributed by atoms with van der Waals surface area (Å²) in [5.74, 6) is -0.915. The molecule has 30 heavy (non-hydrogen) atoms. The lowest BCUT2D eigenvalue weighted by atomic mass is 9.97. The van der Waals surface area contributed by atoms with Crippen molar-refractivity contribution < 1.29 is 19.1 Å². The van der Waals surface area contributed by atoms with Crippen LogP contribution in [0.1, 0.15) is 30.1 Å². The summed E-state index contributed by atoms with van der Waals surface area (Å²) in [5, 5.41) is 0.392. The van der Waals surface area contributed by atoms with Gasteiger partial charge in [-0.15, -0.1) is 0 Å². The van der Waals surface area contributed by atoms with E-state index in [0.29, 0.717) is 49.0 Å². The van der Waals surface area contributed by atoms with Crippen LogP contribution in [0.5, 0.6) is 0 Å². The van der Waals surface area contributed by atoms with Crippen molar-refractivity contribution in [3.05, 3.63) is 38.9 Å². The van der Waals surface area contributed by atoms with Crippen molar-refractivity contribution in [1.29, 1.82) is 0 Å². The Bertz CT molecular complexity index is 1080. The standard InChI is InChI=1S/C20H24N4O5S/c1-3-29-19(28)12-6-8-24(9-7-12)16(25)11-23(2)18(27)13-4-5-14-15(10-13)21-20(30)22-17(14)26/h4-5,10,12H,3,6-9,11H2,1-2H3,(H2,21,22,26,30). The Morgan fingerprint density at radius 1 is 1.23 bits per heavy atom. The number of H-pyrrole nitrogens is 2. The number of piperidine rings is 1. The number of ether oxygens (including phenoxy) is 1. The quantitative estimate of drug-likeness (QED) is 0.546. The molecule has 3 rings (SSSR count). The predicted molar refractivity (Wildman–Crippen MR) is 113 cm³/mol. The number of esters is 1. The van der Waals surface area contributed by atoms with Gasteiger partial charge in [0.25, 0.3) is 11.5 Å². The Hall–Kier alpha value is -3.01. The number of rotatable bonds is 5. The van der Waals surface area contributed by atoms with Crippen LogP contribution in [0.25, 0.3) is 10.9 Å². The van der Waals surface area contributed by atoms with Gasteiger partial charge in [0.2, 0.25) is 5.91 Å². The topological polar surface area (TPSA) is 116 Å². The van der Waals surface area contributed by atoms with Gasteiger partial charge in [0.05, 0.1) is 30.0 Å². The highest BCUT2D eigenvalue weighted by molar-refractivity contribution is 7.71. The Morgan fingerprint density at radius 3 is 2.60 bits per heavy atom. The number of carbonyl (C=O) groups is 3. The van der Waals surface area contributed by atoms with E-state index in [1.165, 1.54) is 4.90 Å². The first-order valence-electron chi connectivity index (χ1n) is 9.76. The third kappa shape index (κ3) is 4.76. The molecule has 1 fully saturated rings. The fourth-order valence-corrected chi connectivity index (χ4v) is 3.73. The van der Waals surface area contributed by atoms with Gasteiger partial charge in [0, 0.05) is 25.7 Å². The number of nitrogens with zero attached hydrogens (tertiary/aromatic N) is 2. The normalized spacial score (nSPS) is 14.5. The fraction of sp³-hybridized carbons (Fsp3) is 0.450. The summed E-state index contributed by atoms with van der Waals surface area (Å²) in [6, 6.07) is 4.64. The largest absolute Gasteiger partial charge is 0.466 e. The summed E-state index contributed by atoms with van der Waals surface area (Å²) in [4.78, 5) is 57.4. The lowest BCUT2D eigenvalue weighted by Crippen LogP contribution is -2.45. The van der Waals surface area contributed by atoms with E-state index in [1.54, 1.807) is 37.1 Å². The molecule has 1 aromatic heterocycles. The number of carbonyl (C=O) groups excluding carboxylic acids is 3. The second-order valence-electron chi connectivity index (χ2n) is 7.24. The average Bonchev–Trinajstić information content (AvgIpc) is 2.72. The number of likely N-dealkylation sites (N-methyl/N-ethyl adjacent to an activating group) is 1. The van der Waals surface area contributed by atoms with E-state index in [0.717, 1.165) is 0 Å². The molecule has 0 unspecified atom stereocenters. The van der Waals surface area contributed by atoms with E-state index in [4.69, 9.17) is 17.0 Å². The van der Waals surface area contributed by atoms with Crippen LogP contribution in [0, 0.1) is 10.7 Å². The van der Waals surface area contributed by atoms with Crippen LogP contribution in [0.2, 0.25) is 0 Å². The molecule has 0 radical (unpaired) electrons. The van der Waals surface area contributed by atoms with Crippen molar-refractivity contribution in [1.82, 2.24) is 19.8 Å². The molecular formula is C20H24N4O5S. The maximum Gasteiger partial charge on any atom is 0.309 e. The van der Waals surface area contributed by atoms with Crippen LogP contribution in [0.4, 0.5) is 0 Å². The molecule has 2 amide bonds. The molecule has 1 saturated heterocycles. The van der Waals surface area contributed by atoms with E-state index in [1.807, 2.05) is 0 Å². The molecule has 0 saturated carbocycles. The van der Waals surface area contributed by atoms with E-state index in [-0.39, 0.29) is 40.6 Å². The van der Waals surface area contributed by atoms with Crippen molar-refractivity contribution in [2.75, 3.05) is 33.3 Å². The van der Waals surface area contributed by atoms with E-state index < -0.39 is 0 Å². The molecule has 160 valence electrons. The summed E-state index contributed by atoms with van der Waals surface area (Å²) in [6.07, 6.45) is 1.11. The van der Waals surface area contributed by atoms with E-state index in [2.05, 4.69) is 9.97 Å². The Labute approximate surface area is 178 Å². The minimum atomic E-state index is -0.341. The van der Waals surface area contributed by atoms with Gasteiger partial charge in [0.1, 0.15) is 0 Å². The highest BCUT2D eigenvalue weighted by atomic mass is 32.1. The van der Waals surface area contributed by atoms with Crippen molar-refractivity contribution >= 4 is 40.9 Å². The lowest BCUT2D eigenvalue weighted by Gasteiger charge is -2.32. The number of likely N-dealkylation sites (tertiary alicyclic amines) is 1. The molecule has 2 N–H and O–H groups in total. The predicted octanol–water partition coefficient (Wildman–Crippen LogP) is 1.46. The van der Waals surface area contributed by atoms with Gasteiger partial charge in [-0.2, -0.15) is 0 Å². The lowest BCUT2D eigenvalue weighted by molar-refractivity contribution is -0.151. The molecule has 0 bridgehead atoms. The third-order valence-electron chi connectivity index (χ3n) is 5.17. The highest BCUT2D eigenvalue weighted by Crippen LogP contribution is 2.19. The SMILES string of the molecule is CCOC(=O)C1CCN(C(=O)CN(C)C(=O)c2ccc3c(=O)[nH]c(=S)[nH]c3c2)CC1. The van der Waals surface area contributed by atoms with Crippen molar-refractivity contribution in [3.63, 3.8) is 0 Å². The number of hydrogen-bond acceptors (Lipinski definition) is 6. The van der Waals surface area contributed by atoms with Crippen LogP contribution >= 0.6 is 12.2 Å². The number of benzene rings is 1. The zero-order valence-electron chi connectivity index (χ0n) is 16.9. The number of fused-ring (bicyclic) bond motifs is 1. The van der Waals surface area contributed by atoms with Gasteiger partial charge in [-0.3, -0.25) is 24.2 Å². The first-order chi connectivity index (χ1) is 14.3. The van der Waals surface area contributed by atoms with Crippen LogP contribution in [-0.2, 0) is 14.3 Å².